The van der Waals surface area contributed by atoms with E-state index in [0.717, 1.165) is 4.68 Å². The maximum absolute atomic E-state index is 11.8. The number of hydrogen-bond acceptors (Lipinski definition) is 3. The predicted octanol–water partition coefficient (Wildman–Crippen LogP) is 0.484. The van der Waals surface area contributed by atoms with Gasteiger partial charge in [-0.05, 0) is 12.1 Å². The topological polar surface area (TPSA) is 84.0 Å². The number of carbonyl (C=O) groups is 1. The van der Waals surface area contributed by atoms with Crippen molar-refractivity contribution in [3.8, 4) is 5.69 Å². The number of nitrogens with one attached hydrogen (secondary N) is 2. The molecule has 0 bridgehead atoms. The van der Waals surface area contributed by atoms with Crippen molar-refractivity contribution >= 4 is 11.6 Å². The predicted molar refractivity (Wildman–Crippen MR) is 67.0 cm³/mol. The zero-order valence-corrected chi connectivity index (χ0v) is 9.64. The largest absolute Gasteiger partial charge is 0.322 e. The van der Waals surface area contributed by atoms with Crippen molar-refractivity contribution in [2.45, 2.75) is 6.92 Å². The Morgan fingerprint density at radius 1 is 1.22 bits per heavy atom. The van der Waals surface area contributed by atoms with E-state index in [1.807, 2.05) is 0 Å². The molecule has 0 fully saturated rings. The lowest BCUT2D eigenvalue weighted by atomic mass is 10.3. The molecule has 0 atom stereocenters. The van der Waals surface area contributed by atoms with Crippen LogP contribution in [0, 0.1) is 0 Å². The first-order valence-electron chi connectivity index (χ1n) is 5.27. The number of amides is 1. The number of carbonyl (C=O) groups excluding carboxylic acids is 1. The summed E-state index contributed by atoms with van der Waals surface area (Å²) in [6.07, 6.45) is 1.29. The molecule has 18 heavy (non-hydrogen) atoms. The number of anilines is 1. The molecule has 1 heterocycles. The average Bonchev–Trinajstić information content (AvgIpc) is 2.36. The minimum atomic E-state index is -0.757. The van der Waals surface area contributed by atoms with E-state index in [1.54, 1.807) is 30.3 Å². The van der Waals surface area contributed by atoms with Gasteiger partial charge in [-0.15, -0.1) is 0 Å². The highest BCUT2D eigenvalue weighted by molar-refractivity contribution is 5.88. The van der Waals surface area contributed by atoms with Gasteiger partial charge in [0, 0.05) is 13.1 Å². The third-order valence-electron chi connectivity index (χ3n) is 2.31. The van der Waals surface area contributed by atoms with Crippen LogP contribution in [0.25, 0.3) is 5.69 Å². The van der Waals surface area contributed by atoms with Gasteiger partial charge in [0.15, 0.2) is 0 Å². The van der Waals surface area contributed by atoms with Gasteiger partial charge >= 0.3 is 5.56 Å². The highest BCUT2D eigenvalue weighted by Crippen LogP contribution is 2.01. The summed E-state index contributed by atoms with van der Waals surface area (Å²) in [5.74, 6) is -0.405. The molecule has 0 aliphatic carbocycles. The van der Waals surface area contributed by atoms with Crippen LogP contribution < -0.4 is 16.3 Å². The van der Waals surface area contributed by atoms with Crippen molar-refractivity contribution in [2.75, 3.05) is 5.32 Å². The van der Waals surface area contributed by atoms with Crippen LogP contribution in [0.3, 0.4) is 0 Å². The molecule has 6 heteroatoms. The first-order chi connectivity index (χ1) is 8.59. The SMILES string of the molecule is CC(=O)Nc1c[nH]n(-c2ccccc2)c(=O)c1=O. The lowest BCUT2D eigenvalue weighted by Gasteiger charge is -2.06. The molecule has 2 rings (SSSR count). The summed E-state index contributed by atoms with van der Waals surface area (Å²) < 4.78 is 1.12. The number of aromatic nitrogens is 2. The van der Waals surface area contributed by atoms with Crippen LogP contribution in [0.5, 0.6) is 0 Å². The van der Waals surface area contributed by atoms with Gasteiger partial charge in [-0.1, -0.05) is 18.2 Å². The molecule has 0 aliphatic heterocycles. The number of hydrogen-bond donors (Lipinski definition) is 2. The summed E-state index contributed by atoms with van der Waals surface area (Å²) in [7, 11) is 0. The fraction of sp³-hybridized carbons (Fsp3) is 0.0833. The lowest BCUT2D eigenvalue weighted by molar-refractivity contribution is -0.114. The molecule has 0 saturated carbocycles. The Morgan fingerprint density at radius 2 is 1.89 bits per heavy atom. The first kappa shape index (κ1) is 11.8. The fourth-order valence-corrected chi connectivity index (χ4v) is 1.52. The van der Waals surface area contributed by atoms with E-state index >= 15 is 0 Å². The van der Waals surface area contributed by atoms with E-state index in [2.05, 4.69) is 10.4 Å². The van der Waals surface area contributed by atoms with Crippen molar-refractivity contribution in [3.05, 3.63) is 57.1 Å². The molecule has 1 aromatic carbocycles. The molecule has 2 aromatic rings. The Bertz CT molecular complexity index is 686. The summed E-state index contributed by atoms with van der Waals surface area (Å²) >= 11 is 0. The second kappa shape index (κ2) is 4.70. The molecule has 6 nitrogen and oxygen atoms in total. The summed E-state index contributed by atoms with van der Waals surface area (Å²) in [6.45, 7) is 1.27. The van der Waals surface area contributed by atoms with Crippen molar-refractivity contribution < 1.29 is 4.79 Å². The van der Waals surface area contributed by atoms with Gasteiger partial charge in [0.2, 0.25) is 5.91 Å². The van der Waals surface area contributed by atoms with Crippen LogP contribution in [0.4, 0.5) is 5.69 Å². The van der Waals surface area contributed by atoms with Crippen LogP contribution in [-0.2, 0) is 4.79 Å². The monoisotopic (exact) mass is 245 g/mol. The van der Waals surface area contributed by atoms with Gasteiger partial charge in [0.25, 0.3) is 5.43 Å². The van der Waals surface area contributed by atoms with Gasteiger partial charge in [-0.2, -0.15) is 0 Å². The molecule has 0 saturated heterocycles. The third-order valence-corrected chi connectivity index (χ3v) is 2.31. The Kier molecular flexibility index (Phi) is 3.09. The van der Waals surface area contributed by atoms with E-state index in [-0.39, 0.29) is 5.69 Å². The maximum Gasteiger partial charge on any atom is 0.319 e. The number of nitrogens with zero attached hydrogens (tertiary/aromatic N) is 1. The van der Waals surface area contributed by atoms with Crippen molar-refractivity contribution in [1.82, 2.24) is 9.78 Å². The van der Waals surface area contributed by atoms with Crippen LogP contribution in [0.2, 0.25) is 0 Å². The van der Waals surface area contributed by atoms with Crippen molar-refractivity contribution in [3.63, 3.8) is 0 Å². The standard InChI is InChI=1S/C12H11N3O3/c1-8(16)14-10-7-13-15(12(18)11(10)17)9-5-3-2-4-6-9/h2-7,13H,1H3,(H,14,16). The zero-order chi connectivity index (χ0) is 13.1. The Labute approximate surface area is 102 Å². The van der Waals surface area contributed by atoms with Gasteiger partial charge in [0.05, 0.1) is 5.69 Å². The molecule has 0 unspecified atom stereocenters. The number of para-hydroxylation sites is 1. The highest BCUT2D eigenvalue weighted by Gasteiger charge is 2.08. The first-order valence-corrected chi connectivity index (χ1v) is 5.27. The normalized spacial score (nSPS) is 10.1. The van der Waals surface area contributed by atoms with E-state index < -0.39 is 16.9 Å². The van der Waals surface area contributed by atoms with Crippen LogP contribution in [0.15, 0.2) is 46.1 Å². The lowest BCUT2D eigenvalue weighted by Crippen LogP contribution is -2.36. The molecule has 0 radical (unpaired) electrons. The fourth-order valence-electron chi connectivity index (χ4n) is 1.52. The van der Waals surface area contributed by atoms with Gasteiger partial charge < -0.3 is 5.32 Å². The second-order valence-corrected chi connectivity index (χ2v) is 3.67. The smallest absolute Gasteiger partial charge is 0.319 e. The van der Waals surface area contributed by atoms with Crippen LogP contribution in [0.1, 0.15) is 6.92 Å². The minimum Gasteiger partial charge on any atom is -0.322 e. The summed E-state index contributed by atoms with van der Waals surface area (Å²) in [5.41, 5.74) is -1.01. The summed E-state index contributed by atoms with van der Waals surface area (Å²) in [6, 6.07) is 8.69. The third kappa shape index (κ3) is 2.22. The molecule has 92 valence electrons. The average molecular weight is 245 g/mol. The molecule has 0 aliphatic rings. The number of H-pyrrole nitrogens is 1. The number of rotatable bonds is 2. The molecule has 2 N–H and O–H groups in total. The number of aromatic amines is 1. The maximum atomic E-state index is 11.8. The van der Waals surface area contributed by atoms with E-state index in [1.165, 1.54) is 13.1 Å². The Balaban J connectivity index is 2.55. The zero-order valence-electron chi connectivity index (χ0n) is 9.64. The van der Waals surface area contributed by atoms with Crippen LogP contribution >= 0.6 is 0 Å². The second-order valence-electron chi connectivity index (χ2n) is 3.67. The van der Waals surface area contributed by atoms with E-state index in [9.17, 15) is 14.4 Å². The van der Waals surface area contributed by atoms with Crippen molar-refractivity contribution in [1.29, 1.82) is 0 Å². The highest BCUT2D eigenvalue weighted by atomic mass is 16.2. The number of benzene rings is 1. The molecule has 1 aromatic heterocycles. The minimum absolute atomic E-state index is 0.0559. The van der Waals surface area contributed by atoms with Gasteiger partial charge in [0.1, 0.15) is 5.69 Å². The Morgan fingerprint density at radius 3 is 2.50 bits per heavy atom. The summed E-state index contributed by atoms with van der Waals surface area (Å²) in [4.78, 5) is 34.4. The molecular weight excluding hydrogens is 234 g/mol. The van der Waals surface area contributed by atoms with E-state index in [0.29, 0.717) is 5.69 Å². The van der Waals surface area contributed by atoms with E-state index in [4.69, 9.17) is 0 Å². The Hall–Kier alpha value is -2.63. The molecular formula is C12H11N3O3. The molecule has 1 amide bonds. The summed E-state index contributed by atoms with van der Waals surface area (Å²) in [5, 5.41) is 4.95. The van der Waals surface area contributed by atoms with Crippen LogP contribution in [-0.4, -0.2) is 15.7 Å². The van der Waals surface area contributed by atoms with Gasteiger partial charge in [-0.25, -0.2) is 4.68 Å². The van der Waals surface area contributed by atoms with Gasteiger partial charge in [-0.3, -0.25) is 19.5 Å². The van der Waals surface area contributed by atoms with Crippen molar-refractivity contribution in [2.24, 2.45) is 0 Å². The quantitative estimate of drug-likeness (QED) is 0.755. The molecule has 0 spiro atoms.